The minimum atomic E-state index is -0.348. The van der Waals surface area contributed by atoms with Crippen molar-refractivity contribution in [2.75, 3.05) is 6.54 Å². The fourth-order valence-corrected chi connectivity index (χ4v) is 3.53. The molecule has 0 spiro atoms. The van der Waals surface area contributed by atoms with Crippen LogP contribution in [0.25, 0.3) is 0 Å². The summed E-state index contributed by atoms with van der Waals surface area (Å²) in [6.45, 7) is 0.400. The van der Waals surface area contributed by atoms with Crippen LogP contribution in [0.5, 0.6) is 0 Å². The van der Waals surface area contributed by atoms with E-state index in [9.17, 15) is 9.90 Å². The van der Waals surface area contributed by atoms with Gasteiger partial charge in [0, 0.05) is 12.6 Å². The van der Waals surface area contributed by atoms with Crippen LogP contribution in [0, 0.1) is 17.8 Å². The summed E-state index contributed by atoms with van der Waals surface area (Å²) in [5.41, 5.74) is 0. The number of amides is 2. The Morgan fingerprint density at radius 1 is 1.16 bits per heavy atom. The molecule has 3 aliphatic rings. The van der Waals surface area contributed by atoms with Gasteiger partial charge < -0.3 is 15.7 Å². The van der Waals surface area contributed by atoms with Gasteiger partial charge in [-0.15, -0.1) is 0 Å². The Bertz CT molecular complexity index is 324. The maximum absolute atomic E-state index is 11.7. The molecule has 4 heteroatoms. The zero-order chi connectivity index (χ0) is 13.2. The largest absolute Gasteiger partial charge is 0.391 e. The first kappa shape index (κ1) is 13.2. The second-order valence-electron chi connectivity index (χ2n) is 6.66. The number of rotatable bonds is 5. The molecule has 4 nitrogen and oxygen atoms in total. The average Bonchev–Trinajstić information content (AvgIpc) is 3.30. The first-order chi connectivity index (χ1) is 9.24. The molecule has 19 heavy (non-hydrogen) atoms. The maximum atomic E-state index is 11.7. The van der Waals surface area contributed by atoms with Crippen molar-refractivity contribution >= 4 is 6.03 Å². The van der Waals surface area contributed by atoms with Gasteiger partial charge in [-0.05, 0) is 37.0 Å². The number of urea groups is 1. The lowest BCUT2D eigenvalue weighted by atomic mass is 9.85. The number of aliphatic hydroxyl groups excluding tert-OH is 1. The minimum Gasteiger partial charge on any atom is -0.391 e. The molecule has 3 rings (SSSR count). The number of hydrogen-bond donors (Lipinski definition) is 3. The Balaban J connectivity index is 1.32. The van der Waals surface area contributed by atoms with E-state index in [1.165, 1.54) is 32.1 Å². The second-order valence-corrected chi connectivity index (χ2v) is 6.66. The van der Waals surface area contributed by atoms with Gasteiger partial charge in [-0.1, -0.05) is 32.1 Å². The lowest BCUT2D eigenvalue weighted by Crippen LogP contribution is -2.41. The molecule has 0 unspecified atom stereocenters. The fraction of sp³-hybridized carbons (Fsp3) is 0.933. The number of hydrogen-bond acceptors (Lipinski definition) is 2. The summed E-state index contributed by atoms with van der Waals surface area (Å²) < 4.78 is 0. The van der Waals surface area contributed by atoms with Crippen LogP contribution in [0.2, 0.25) is 0 Å². The Labute approximate surface area is 115 Å². The summed E-state index contributed by atoms with van der Waals surface area (Å²) in [6.07, 6.45) is 9.86. The van der Waals surface area contributed by atoms with Crippen molar-refractivity contribution in [3.63, 3.8) is 0 Å². The molecule has 108 valence electrons. The van der Waals surface area contributed by atoms with E-state index in [1.54, 1.807) is 0 Å². The molecule has 2 amide bonds. The molecule has 3 saturated carbocycles. The van der Waals surface area contributed by atoms with E-state index in [-0.39, 0.29) is 12.1 Å². The molecule has 0 heterocycles. The smallest absolute Gasteiger partial charge is 0.315 e. The second kappa shape index (κ2) is 5.70. The van der Waals surface area contributed by atoms with Gasteiger partial charge in [-0.3, -0.25) is 0 Å². The van der Waals surface area contributed by atoms with E-state index in [0.29, 0.717) is 18.5 Å². The molecule has 0 radical (unpaired) electrons. The summed E-state index contributed by atoms with van der Waals surface area (Å²) in [6, 6.07) is 0.296. The van der Waals surface area contributed by atoms with E-state index < -0.39 is 0 Å². The Kier molecular flexibility index (Phi) is 3.96. The molecule has 0 bridgehead atoms. The lowest BCUT2D eigenvalue weighted by molar-refractivity contribution is 0.149. The summed E-state index contributed by atoms with van der Waals surface area (Å²) in [7, 11) is 0. The third-order valence-electron chi connectivity index (χ3n) is 5.05. The molecule has 0 aromatic carbocycles. The number of aliphatic hydroxyl groups is 1. The molecule has 3 atom stereocenters. The van der Waals surface area contributed by atoms with Crippen molar-refractivity contribution in [3.8, 4) is 0 Å². The first-order valence-electron chi connectivity index (χ1n) is 7.96. The van der Waals surface area contributed by atoms with Crippen LogP contribution in [0.3, 0.4) is 0 Å². The SMILES string of the molecule is O=C(NC[C@H](O)C1CC1)N[C@@H]1C[C@@H]1C1CCCCC1. The summed E-state index contributed by atoms with van der Waals surface area (Å²) in [5, 5.41) is 15.6. The molecular formula is C15H26N2O2. The first-order valence-corrected chi connectivity index (χ1v) is 7.96. The maximum Gasteiger partial charge on any atom is 0.315 e. The van der Waals surface area contributed by atoms with Crippen molar-refractivity contribution in [3.05, 3.63) is 0 Å². The van der Waals surface area contributed by atoms with Crippen LogP contribution in [0.1, 0.15) is 51.4 Å². The molecule has 0 aromatic rings. The molecule has 3 N–H and O–H groups in total. The molecular weight excluding hydrogens is 240 g/mol. The Morgan fingerprint density at radius 2 is 1.89 bits per heavy atom. The predicted octanol–water partition coefficient (Wildman–Crippen LogP) is 2.03. The normalized spacial score (nSPS) is 32.7. The van der Waals surface area contributed by atoms with E-state index in [2.05, 4.69) is 10.6 Å². The van der Waals surface area contributed by atoms with Gasteiger partial charge in [0.25, 0.3) is 0 Å². The van der Waals surface area contributed by atoms with Crippen LogP contribution in [0.15, 0.2) is 0 Å². The Hall–Kier alpha value is -0.770. The van der Waals surface area contributed by atoms with E-state index in [1.807, 2.05) is 0 Å². The van der Waals surface area contributed by atoms with Gasteiger partial charge in [-0.25, -0.2) is 4.79 Å². The summed E-state index contributed by atoms with van der Waals surface area (Å²) >= 11 is 0. The Morgan fingerprint density at radius 3 is 2.58 bits per heavy atom. The van der Waals surface area contributed by atoms with Gasteiger partial charge in [0.2, 0.25) is 0 Å². The van der Waals surface area contributed by atoms with Crippen molar-refractivity contribution in [1.29, 1.82) is 0 Å². The highest BCUT2D eigenvalue weighted by atomic mass is 16.3. The minimum absolute atomic E-state index is 0.0944. The highest BCUT2D eigenvalue weighted by Crippen LogP contribution is 2.44. The van der Waals surface area contributed by atoms with Crippen LogP contribution in [-0.2, 0) is 0 Å². The standard InChI is InChI=1S/C15H26N2O2/c18-14(11-6-7-11)9-16-15(19)17-13-8-12(13)10-4-2-1-3-5-10/h10-14,18H,1-9H2,(H2,16,17,19)/t12-,13-,14+/m1/s1. The van der Waals surface area contributed by atoms with Crippen LogP contribution < -0.4 is 10.6 Å². The number of carbonyl (C=O) groups is 1. The molecule has 3 aliphatic carbocycles. The lowest BCUT2D eigenvalue weighted by Gasteiger charge is -2.21. The average molecular weight is 266 g/mol. The van der Waals surface area contributed by atoms with Gasteiger partial charge >= 0.3 is 6.03 Å². The molecule has 0 aromatic heterocycles. The monoisotopic (exact) mass is 266 g/mol. The number of nitrogens with one attached hydrogen (secondary N) is 2. The summed E-state index contributed by atoms with van der Waals surface area (Å²) in [5.74, 6) is 1.99. The van der Waals surface area contributed by atoms with Crippen LogP contribution in [0.4, 0.5) is 4.79 Å². The zero-order valence-corrected chi connectivity index (χ0v) is 11.6. The van der Waals surface area contributed by atoms with Crippen molar-refractivity contribution in [2.45, 2.75) is 63.5 Å². The van der Waals surface area contributed by atoms with Crippen molar-refractivity contribution in [2.24, 2.45) is 17.8 Å². The topological polar surface area (TPSA) is 61.4 Å². The predicted molar refractivity (Wildman–Crippen MR) is 73.7 cm³/mol. The fourth-order valence-electron chi connectivity index (χ4n) is 3.53. The quantitative estimate of drug-likeness (QED) is 0.713. The highest BCUT2D eigenvalue weighted by Gasteiger charge is 2.43. The van der Waals surface area contributed by atoms with Crippen molar-refractivity contribution < 1.29 is 9.90 Å². The zero-order valence-electron chi connectivity index (χ0n) is 11.6. The van der Waals surface area contributed by atoms with E-state index >= 15 is 0 Å². The van der Waals surface area contributed by atoms with Gasteiger partial charge in [0.05, 0.1) is 6.10 Å². The van der Waals surface area contributed by atoms with Crippen LogP contribution in [-0.4, -0.2) is 29.8 Å². The summed E-state index contributed by atoms with van der Waals surface area (Å²) in [4.78, 5) is 11.7. The third kappa shape index (κ3) is 3.62. The number of carbonyl (C=O) groups excluding carboxylic acids is 1. The molecule has 3 fully saturated rings. The van der Waals surface area contributed by atoms with Crippen molar-refractivity contribution in [1.82, 2.24) is 10.6 Å². The van der Waals surface area contributed by atoms with Gasteiger partial charge in [-0.2, -0.15) is 0 Å². The highest BCUT2D eigenvalue weighted by molar-refractivity contribution is 5.74. The van der Waals surface area contributed by atoms with E-state index in [4.69, 9.17) is 0 Å². The van der Waals surface area contributed by atoms with Gasteiger partial charge in [0.15, 0.2) is 0 Å². The van der Waals surface area contributed by atoms with E-state index in [0.717, 1.165) is 31.1 Å². The van der Waals surface area contributed by atoms with Gasteiger partial charge in [0.1, 0.15) is 0 Å². The molecule has 0 aliphatic heterocycles. The molecule has 0 saturated heterocycles. The third-order valence-corrected chi connectivity index (χ3v) is 5.05. The van der Waals surface area contributed by atoms with Crippen LogP contribution >= 0.6 is 0 Å².